The number of carbonyl (C=O) groups excluding carboxylic acids is 1. The van der Waals surface area contributed by atoms with E-state index in [1.54, 1.807) is 6.92 Å². The maximum atomic E-state index is 13.2. The second kappa shape index (κ2) is 27.3. The minimum Gasteiger partial charge on any atom is -0.478 e. The van der Waals surface area contributed by atoms with Crippen LogP contribution in [-0.4, -0.2) is 33.7 Å². The van der Waals surface area contributed by atoms with Gasteiger partial charge >= 0.3 is 17.9 Å². The lowest BCUT2D eigenvalue weighted by Crippen LogP contribution is -2.25. The molecule has 294 valence electrons. The van der Waals surface area contributed by atoms with Crippen molar-refractivity contribution in [2.75, 3.05) is 0 Å². The monoisotopic (exact) mass is 715 g/mol. The largest absolute Gasteiger partial charge is 0.478 e. The van der Waals surface area contributed by atoms with E-state index in [2.05, 4.69) is 13.2 Å². The number of carbonyl (C=O) groups is 3. The van der Waals surface area contributed by atoms with Gasteiger partial charge in [0.2, 0.25) is 0 Å². The quantitative estimate of drug-likeness (QED) is 0.210. The molecule has 3 rings (SSSR count). The third-order valence-electron chi connectivity index (χ3n) is 10.8. The fourth-order valence-corrected chi connectivity index (χ4v) is 8.01. The fraction of sp³-hybridized carbons (Fsp3) is 0.800. The molecular formula is C45H78O6. The Morgan fingerprint density at radius 3 is 0.922 bits per heavy atom. The normalized spacial score (nSPS) is 20.0. The van der Waals surface area contributed by atoms with Gasteiger partial charge in [-0.05, 0) is 90.9 Å². The van der Waals surface area contributed by atoms with Gasteiger partial charge in [-0.15, -0.1) is 0 Å². The van der Waals surface area contributed by atoms with Gasteiger partial charge in [0.1, 0.15) is 5.60 Å². The number of hydrogen-bond acceptors (Lipinski definition) is 4. The van der Waals surface area contributed by atoms with Crippen LogP contribution >= 0.6 is 0 Å². The highest BCUT2D eigenvalue weighted by Gasteiger charge is 2.32. The van der Waals surface area contributed by atoms with Gasteiger partial charge in [0.15, 0.2) is 0 Å². The van der Waals surface area contributed by atoms with Crippen molar-refractivity contribution >= 4 is 17.9 Å². The lowest BCUT2D eigenvalue weighted by molar-refractivity contribution is -0.149. The average molecular weight is 715 g/mol. The van der Waals surface area contributed by atoms with E-state index in [4.69, 9.17) is 9.84 Å². The number of ether oxygens (including phenoxy) is 1. The smallest absolute Gasteiger partial charge is 0.333 e. The van der Waals surface area contributed by atoms with Crippen LogP contribution in [0.15, 0.2) is 35.5 Å². The third-order valence-corrected chi connectivity index (χ3v) is 10.8. The van der Waals surface area contributed by atoms with Gasteiger partial charge < -0.3 is 14.9 Å². The van der Waals surface area contributed by atoms with E-state index < -0.39 is 17.5 Å². The van der Waals surface area contributed by atoms with Crippen molar-refractivity contribution in [1.82, 2.24) is 0 Å². The fourth-order valence-electron chi connectivity index (χ4n) is 8.01. The molecule has 3 aliphatic carbocycles. The molecule has 0 aromatic rings. The van der Waals surface area contributed by atoms with E-state index in [0.717, 1.165) is 18.4 Å². The molecule has 51 heavy (non-hydrogen) atoms. The van der Waals surface area contributed by atoms with Gasteiger partial charge in [-0.3, -0.25) is 0 Å². The highest BCUT2D eigenvalue weighted by Crippen LogP contribution is 2.42. The van der Waals surface area contributed by atoms with Gasteiger partial charge in [-0.1, -0.05) is 154 Å². The Hall–Kier alpha value is -2.37. The van der Waals surface area contributed by atoms with Crippen LogP contribution in [0, 0.1) is 17.8 Å². The summed E-state index contributed by atoms with van der Waals surface area (Å²) in [4.78, 5) is 33.6. The standard InChI is InChI=1S/C33H58O2.C8H14O2.C4H6O2/c34-33(35)32(30-26-20-14-8-3-9-15-21-27-30)31(28-22-16-10-4-1-5-11-17-23-28)29-24-18-12-6-2-7-13-19-25-29;1-6(2)7(9)10-8(3,4)5;1-3(2)4(5)6/h28-30H,1-27H2,(H,34,35);1H2,2-5H3;1H2,2H3,(H,5,6). The molecule has 0 atom stereocenters. The molecule has 0 unspecified atom stereocenters. The molecule has 0 amide bonds. The summed E-state index contributed by atoms with van der Waals surface area (Å²) in [5.74, 6) is -0.449. The number of rotatable bonds is 6. The number of esters is 1. The summed E-state index contributed by atoms with van der Waals surface area (Å²) in [5, 5.41) is 18.7. The first-order valence-corrected chi connectivity index (χ1v) is 21.0. The van der Waals surface area contributed by atoms with Crippen molar-refractivity contribution in [2.24, 2.45) is 17.8 Å². The Kier molecular flexibility index (Phi) is 24.9. The molecule has 3 fully saturated rings. The van der Waals surface area contributed by atoms with Crippen LogP contribution < -0.4 is 0 Å². The zero-order valence-corrected chi connectivity index (χ0v) is 33.8. The van der Waals surface area contributed by atoms with Gasteiger partial charge in [0.25, 0.3) is 0 Å². The van der Waals surface area contributed by atoms with Crippen molar-refractivity contribution in [3.8, 4) is 0 Å². The highest BCUT2D eigenvalue weighted by molar-refractivity contribution is 5.88. The van der Waals surface area contributed by atoms with Crippen LogP contribution in [0.3, 0.4) is 0 Å². The van der Waals surface area contributed by atoms with Crippen LogP contribution in [0.5, 0.6) is 0 Å². The summed E-state index contributed by atoms with van der Waals surface area (Å²) in [6.45, 7) is 15.2. The molecule has 0 spiro atoms. The second-order valence-electron chi connectivity index (χ2n) is 16.8. The lowest BCUT2D eigenvalue weighted by atomic mass is 9.71. The Morgan fingerprint density at radius 2 is 0.725 bits per heavy atom. The van der Waals surface area contributed by atoms with E-state index >= 15 is 0 Å². The number of allylic oxidation sites excluding steroid dienone is 1. The first-order chi connectivity index (χ1) is 24.2. The number of hydrogen-bond donors (Lipinski definition) is 2. The van der Waals surface area contributed by atoms with Gasteiger partial charge in [0.05, 0.1) is 0 Å². The summed E-state index contributed by atoms with van der Waals surface area (Å²) in [7, 11) is 0. The molecule has 6 nitrogen and oxygen atoms in total. The molecule has 3 saturated carbocycles. The highest BCUT2D eigenvalue weighted by atomic mass is 16.6. The maximum Gasteiger partial charge on any atom is 0.333 e. The molecule has 0 heterocycles. The van der Waals surface area contributed by atoms with Crippen LogP contribution in [0.2, 0.25) is 0 Å². The molecule has 3 aliphatic rings. The van der Waals surface area contributed by atoms with Crippen molar-refractivity contribution in [2.45, 2.75) is 214 Å². The molecule has 2 N–H and O–H groups in total. The Balaban J connectivity index is 0.000000674. The molecular weight excluding hydrogens is 636 g/mol. The number of carboxylic acids is 2. The SMILES string of the molecule is C=C(C)C(=O)O.C=C(C)C(=O)OC(C)(C)C.O=C(O)C(=C(C1CCCCCCCCC1)C1CCCCCCCCC1)C1CCCCCCCCC1. The number of aliphatic carboxylic acids is 2. The summed E-state index contributed by atoms with van der Waals surface area (Å²) >= 11 is 0. The Bertz CT molecular complexity index is 993. The summed E-state index contributed by atoms with van der Waals surface area (Å²) in [6, 6.07) is 0. The Morgan fingerprint density at radius 1 is 0.471 bits per heavy atom. The minimum absolute atomic E-state index is 0.176. The van der Waals surface area contributed by atoms with E-state index in [1.807, 2.05) is 20.8 Å². The number of carboxylic acid groups (broad SMARTS) is 2. The van der Waals surface area contributed by atoms with E-state index in [9.17, 15) is 19.5 Å². The summed E-state index contributed by atoms with van der Waals surface area (Å²) < 4.78 is 4.96. The molecule has 0 aliphatic heterocycles. The van der Waals surface area contributed by atoms with Gasteiger partial charge in [-0.25, -0.2) is 14.4 Å². The van der Waals surface area contributed by atoms with Crippen LogP contribution in [0.1, 0.15) is 208 Å². The third kappa shape index (κ3) is 22.3. The molecule has 0 aromatic carbocycles. The van der Waals surface area contributed by atoms with Crippen molar-refractivity contribution in [3.63, 3.8) is 0 Å². The predicted molar refractivity (Wildman–Crippen MR) is 213 cm³/mol. The second-order valence-corrected chi connectivity index (χ2v) is 16.8. The molecule has 0 bridgehead atoms. The van der Waals surface area contributed by atoms with Crippen LogP contribution in [0.25, 0.3) is 0 Å². The molecule has 6 heteroatoms. The summed E-state index contributed by atoms with van der Waals surface area (Å²) in [5.41, 5.74) is 2.64. The first-order valence-electron chi connectivity index (χ1n) is 21.0. The van der Waals surface area contributed by atoms with E-state index in [0.29, 0.717) is 23.3 Å². The van der Waals surface area contributed by atoms with E-state index in [1.165, 1.54) is 173 Å². The van der Waals surface area contributed by atoms with Crippen molar-refractivity contribution in [1.29, 1.82) is 0 Å². The van der Waals surface area contributed by atoms with Crippen LogP contribution in [-0.2, 0) is 19.1 Å². The molecule has 0 aromatic heterocycles. The zero-order valence-electron chi connectivity index (χ0n) is 33.8. The minimum atomic E-state index is -0.935. The van der Waals surface area contributed by atoms with E-state index in [-0.39, 0.29) is 11.5 Å². The molecule has 0 saturated heterocycles. The predicted octanol–water partition coefficient (Wildman–Crippen LogP) is 13.3. The summed E-state index contributed by atoms with van der Waals surface area (Å²) in [6.07, 6.45) is 35.2. The topological polar surface area (TPSA) is 101 Å². The lowest BCUT2D eigenvalue weighted by Gasteiger charge is -2.34. The first kappa shape index (κ1) is 46.7. The van der Waals surface area contributed by atoms with Crippen molar-refractivity contribution in [3.05, 3.63) is 35.5 Å². The maximum absolute atomic E-state index is 13.2. The average Bonchev–Trinajstić information content (AvgIpc) is 3.07. The van der Waals surface area contributed by atoms with Gasteiger partial charge in [0, 0.05) is 16.7 Å². The molecule has 0 radical (unpaired) electrons. The van der Waals surface area contributed by atoms with Crippen molar-refractivity contribution < 1.29 is 29.3 Å². The Labute approximate surface area is 313 Å². The van der Waals surface area contributed by atoms with Gasteiger partial charge in [-0.2, -0.15) is 0 Å². The van der Waals surface area contributed by atoms with Crippen LogP contribution in [0.4, 0.5) is 0 Å². The zero-order chi connectivity index (χ0) is 38.1.